The van der Waals surface area contributed by atoms with Crippen LogP contribution in [0.2, 0.25) is 5.02 Å². The molecule has 0 fully saturated rings. The second-order valence-corrected chi connectivity index (χ2v) is 7.43. The molecule has 0 aliphatic rings. The standard InChI is InChI=1S/C20H21ClN6O3/c1-12-23-19-18(26(2)11-22-19)20(28)27(12)10-17-24-16(25-30-17)9-8-15(29-3)13-4-6-14(21)7-5-13/h4-7,11,15H,8-10H2,1-3H3/t15-/m1/s1. The van der Waals surface area contributed by atoms with Gasteiger partial charge in [0.05, 0.1) is 12.4 Å². The van der Waals surface area contributed by atoms with E-state index in [2.05, 4.69) is 20.1 Å². The first-order valence-corrected chi connectivity index (χ1v) is 9.82. The molecule has 0 saturated carbocycles. The highest BCUT2D eigenvalue weighted by Crippen LogP contribution is 2.23. The van der Waals surface area contributed by atoms with E-state index in [0.717, 1.165) is 5.56 Å². The van der Waals surface area contributed by atoms with Crippen LogP contribution in [0.25, 0.3) is 11.2 Å². The molecule has 4 aromatic rings. The number of methoxy groups -OCH3 is 1. The summed E-state index contributed by atoms with van der Waals surface area (Å²) in [6, 6.07) is 7.55. The zero-order valence-corrected chi connectivity index (χ0v) is 17.6. The van der Waals surface area contributed by atoms with Crippen LogP contribution in [-0.2, 0) is 24.8 Å². The fourth-order valence-corrected chi connectivity index (χ4v) is 3.50. The van der Waals surface area contributed by atoms with Gasteiger partial charge in [-0.3, -0.25) is 9.36 Å². The van der Waals surface area contributed by atoms with Crippen molar-refractivity contribution in [3.05, 3.63) is 69.1 Å². The molecular weight excluding hydrogens is 408 g/mol. The van der Waals surface area contributed by atoms with Gasteiger partial charge in [0, 0.05) is 25.6 Å². The molecule has 1 aromatic carbocycles. The largest absolute Gasteiger partial charge is 0.377 e. The summed E-state index contributed by atoms with van der Waals surface area (Å²) in [6.07, 6.45) is 2.71. The van der Waals surface area contributed by atoms with Crippen molar-refractivity contribution in [2.45, 2.75) is 32.4 Å². The molecule has 3 aromatic heterocycles. The maximum absolute atomic E-state index is 12.8. The molecule has 0 spiro atoms. The molecule has 3 heterocycles. The molecule has 0 saturated heterocycles. The van der Waals surface area contributed by atoms with Crippen LogP contribution in [0.1, 0.15) is 35.6 Å². The third-order valence-electron chi connectivity index (χ3n) is 4.98. The molecule has 30 heavy (non-hydrogen) atoms. The van der Waals surface area contributed by atoms with Gasteiger partial charge in [-0.05, 0) is 31.0 Å². The molecule has 1 atom stereocenters. The molecule has 9 nitrogen and oxygen atoms in total. The minimum Gasteiger partial charge on any atom is -0.377 e. The number of nitrogens with zero attached hydrogens (tertiary/aromatic N) is 6. The zero-order chi connectivity index (χ0) is 21.3. The molecule has 10 heteroatoms. The van der Waals surface area contributed by atoms with E-state index >= 15 is 0 Å². The van der Waals surface area contributed by atoms with Crippen molar-refractivity contribution < 1.29 is 9.26 Å². The molecule has 0 radical (unpaired) electrons. The number of aryl methyl sites for hydroxylation is 3. The number of rotatable bonds is 7. The number of hydrogen-bond acceptors (Lipinski definition) is 7. The third-order valence-corrected chi connectivity index (χ3v) is 5.24. The second-order valence-electron chi connectivity index (χ2n) is 7.00. The van der Waals surface area contributed by atoms with E-state index in [1.165, 1.54) is 4.57 Å². The second kappa shape index (κ2) is 8.37. The monoisotopic (exact) mass is 428 g/mol. The van der Waals surface area contributed by atoms with Crippen LogP contribution in [-0.4, -0.2) is 36.4 Å². The Labute approximate surface area is 177 Å². The first kappa shape index (κ1) is 20.2. The predicted octanol–water partition coefficient (Wildman–Crippen LogP) is 2.84. The minimum atomic E-state index is -0.195. The van der Waals surface area contributed by atoms with Gasteiger partial charge in [-0.2, -0.15) is 4.98 Å². The van der Waals surface area contributed by atoms with Crippen molar-refractivity contribution in [1.82, 2.24) is 29.2 Å². The fourth-order valence-electron chi connectivity index (χ4n) is 3.37. The SMILES string of the molecule is CO[C@H](CCc1noc(Cn2c(C)nc3ncn(C)c3c2=O)n1)c1ccc(Cl)cc1. The lowest BCUT2D eigenvalue weighted by Gasteiger charge is -2.14. The Morgan fingerprint density at radius 3 is 2.73 bits per heavy atom. The number of fused-ring (bicyclic) bond motifs is 1. The molecule has 0 aliphatic carbocycles. The Bertz CT molecular complexity index is 1230. The van der Waals surface area contributed by atoms with Crippen molar-refractivity contribution in [3.63, 3.8) is 0 Å². The van der Waals surface area contributed by atoms with Gasteiger partial charge in [-0.25, -0.2) is 9.97 Å². The van der Waals surface area contributed by atoms with E-state index < -0.39 is 0 Å². The van der Waals surface area contributed by atoms with Crippen molar-refractivity contribution >= 4 is 22.8 Å². The van der Waals surface area contributed by atoms with Crippen LogP contribution < -0.4 is 5.56 Å². The van der Waals surface area contributed by atoms with Crippen LogP contribution in [0.4, 0.5) is 0 Å². The Hall–Kier alpha value is -3.04. The normalized spacial score (nSPS) is 12.5. The highest BCUT2D eigenvalue weighted by molar-refractivity contribution is 6.30. The summed E-state index contributed by atoms with van der Waals surface area (Å²) in [5.74, 6) is 1.44. The zero-order valence-electron chi connectivity index (χ0n) is 16.9. The molecule has 0 aliphatic heterocycles. The Morgan fingerprint density at radius 1 is 1.23 bits per heavy atom. The number of imidazole rings is 1. The van der Waals surface area contributed by atoms with Gasteiger partial charge < -0.3 is 13.8 Å². The van der Waals surface area contributed by atoms with E-state index in [4.69, 9.17) is 20.9 Å². The Balaban J connectivity index is 1.48. The predicted molar refractivity (Wildman–Crippen MR) is 110 cm³/mol. The van der Waals surface area contributed by atoms with Crippen molar-refractivity contribution in [2.24, 2.45) is 7.05 Å². The summed E-state index contributed by atoms with van der Waals surface area (Å²) in [6.45, 7) is 1.90. The van der Waals surface area contributed by atoms with Crippen LogP contribution >= 0.6 is 11.6 Å². The lowest BCUT2D eigenvalue weighted by atomic mass is 10.0. The Morgan fingerprint density at radius 2 is 2.00 bits per heavy atom. The quantitative estimate of drug-likeness (QED) is 0.446. The van der Waals surface area contributed by atoms with E-state index in [1.807, 2.05) is 24.3 Å². The first-order valence-electron chi connectivity index (χ1n) is 9.44. The number of hydrogen-bond donors (Lipinski definition) is 0. The summed E-state index contributed by atoms with van der Waals surface area (Å²) in [4.78, 5) is 25.8. The smallest absolute Gasteiger partial charge is 0.280 e. The third kappa shape index (κ3) is 3.99. The summed E-state index contributed by atoms with van der Waals surface area (Å²) in [5, 5.41) is 4.72. The highest BCUT2D eigenvalue weighted by atomic mass is 35.5. The van der Waals surface area contributed by atoms with E-state index in [-0.39, 0.29) is 18.2 Å². The van der Waals surface area contributed by atoms with Gasteiger partial charge in [-0.1, -0.05) is 28.9 Å². The van der Waals surface area contributed by atoms with E-state index in [0.29, 0.717) is 46.6 Å². The maximum Gasteiger partial charge on any atom is 0.280 e. The molecular formula is C20H21ClN6O3. The van der Waals surface area contributed by atoms with Gasteiger partial charge in [-0.15, -0.1) is 0 Å². The summed E-state index contributed by atoms with van der Waals surface area (Å²) < 4.78 is 14.1. The van der Waals surface area contributed by atoms with Gasteiger partial charge in [0.15, 0.2) is 17.0 Å². The lowest BCUT2D eigenvalue weighted by molar-refractivity contribution is 0.0953. The molecule has 0 N–H and O–H groups in total. The first-order chi connectivity index (χ1) is 14.5. The fraction of sp³-hybridized carbons (Fsp3) is 0.350. The maximum atomic E-state index is 12.8. The summed E-state index contributed by atoms with van der Waals surface area (Å²) in [7, 11) is 3.42. The van der Waals surface area contributed by atoms with Crippen molar-refractivity contribution in [1.29, 1.82) is 0 Å². The van der Waals surface area contributed by atoms with Gasteiger partial charge in [0.2, 0.25) is 5.89 Å². The average molecular weight is 429 g/mol. The van der Waals surface area contributed by atoms with Crippen LogP contribution in [0.15, 0.2) is 39.9 Å². The van der Waals surface area contributed by atoms with Gasteiger partial charge >= 0.3 is 0 Å². The summed E-state index contributed by atoms with van der Waals surface area (Å²) >= 11 is 5.95. The van der Waals surface area contributed by atoms with E-state index in [1.54, 1.807) is 32.0 Å². The number of benzene rings is 1. The number of ether oxygens (including phenoxy) is 1. The summed E-state index contributed by atoms with van der Waals surface area (Å²) in [5.41, 5.74) is 1.70. The van der Waals surface area contributed by atoms with Crippen molar-refractivity contribution in [2.75, 3.05) is 7.11 Å². The molecule has 0 unspecified atom stereocenters. The van der Waals surface area contributed by atoms with Crippen LogP contribution in [0, 0.1) is 6.92 Å². The molecule has 4 rings (SSSR count). The van der Waals surface area contributed by atoms with Gasteiger partial charge in [0.1, 0.15) is 12.4 Å². The van der Waals surface area contributed by atoms with E-state index in [9.17, 15) is 4.79 Å². The average Bonchev–Trinajstić information content (AvgIpc) is 3.33. The molecule has 0 amide bonds. The highest BCUT2D eigenvalue weighted by Gasteiger charge is 2.17. The van der Waals surface area contributed by atoms with Gasteiger partial charge in [0.25, 0.3) is 5.56 Å². The topological polar surface area (TPSA) is 101 Å². The molecule has 0 bridgehead atoms. The van der Waals surface area contributed by atoms with Crippen LogP contribution in [0.3, 0.4) is 0 Å². The number of halogens is 1. The number of aromatic nitrogens is 6. The lowest BCUT2D eigenvalue weighted by Crippen LogP contribution is -2.25. The van der Waals surface area contributed by atoms with Crippen molar-refractivity contribution in [3.8, 4) is 0 Å². The minimum absolute atomic E-state index is 0.106. The Kier molecular flexibility index (Phi) is 5.65. The van der Waals surface area contributed by atoms with Crippen LogP contribution in [0.5, 0.6) is 0 Å². The molecule has 156 valence electrons.